The Labute approximate surface area is 139 Å². The van der Waals surface area contributed by atoms with Crippen molar-refractivity contribution in [1.29, 1.82) is 0 Å². The van der Waals surface area contributed by atoms with E-state index in [0.717, 1.165) is 43.3 Å². The number of piperidine rings is 1. The summed E-state index contributed by atoms with van der Waals surface area (Å²) in [4.78, 5) is 3.89. The second kappa shape index (κ2) is 5.64. The van der Waals surface area contributed by atoms with Crippen LogP contribution in [0.4, 0.5) is 0 Å². The number of rotatable bonds is 2. The second-order valence-electron chi connectivity index (χ2n) is 6.38. The van der Waals surface area contributed by atoms with Crippen LogP contribution in [0.1, 0.15) is 35.8 Å². The van der Waals surface area contributed by atoms with Gasteiger partial charge in [0.1, 0.15) is 5.60 Å². The number of fused-ring (bicyclic) bond motifs is 2. The number of H-pyrrole nitrogens is 1. The summed E-state index contributed by atoms with van der Waals surface area (Å²) in [5, 5.41) is 6.93. The molecule has 22 heavy (non-hydrogen) atoms. The third kappa shape index (κ3) is 2.50. The van der Waals surface area contributed by atoms with Crippen molar-refractivity contribution in [2.45, 2.75) is 44.4 Å². The maximum Gasteiger partial charge on any atom is 0.105 e. The highest BCUT2D eigenvalue weighted by Gasteiger charge is 2.44. The molecule has 2 aromatic rings. The van der Waals surface area contributed by atoms with Gasteiger partial charge in [0.15, 0.2) is 0 Å². The molecule has 2 aliphatic heterocycles. The minimum atomic E-state index is -0.113. The number of hydrogen-bond acceptors (Lipinski definition) is 4. The Bertz CT molecular complexity index is 656. The molecule has 2 aliphatic rings. The molecule has 4 heterocycles. The molecule has 1 spiro atoms. The van der Waals surface area contributed by atoms with E-state index in [2.05, 4.69) is 28.1 Å². The third-order valence-electron chi connectivity index (χ3n) is 4.93. The van der Waals surface area contributed by atoms with Crippen molar-refractivity contribution in [3.8, 4) is 0 Å². The molecule has 0 saturated carbocycles. The molecule has 1 N–H and O–H groups in total. The summed E-state index contributed by atoms with van der Waals surface area (Å²) in [7, 11) is 0. The van der Waals surface area contributed by atoms with Crippen molar-refractivity contribution >= 4 is 22.9 Å². The molecule has 0 amide bonds. The topological polar surface area (TPSA) is 41.2 Å². The van der Waals surface area contributed by atoms with Crippen molar-refractivity contribution in [2.24, 2.45) is 0 Å². The Morgan fingerprint density at radius 1 is 1.59 bits per heavy atom. The van der Waals surface area contributed by atoms with Crippen LogP contribution in [0.15, 0.2) is 18.5 Å². The minimum absolute atomic E-state index is 0.113. The Morgan fingerprint density at radius 2 is 2.50 bits per heavy atom. The Morgan fingerprint density at radius 3 is 3.27 bits per heavy atom. The molecule has 2 atom stereocenters. The first-order chi connectivity index (χ1) is 10.7. The summed E-state index contributed by atoms with van der Waals surface area (Å²) < 4.78 is 7.20. The lowest BCUT2D eigenvalue weighted by Crippen LogP contribution is -2.49. The Balaban J connectivity index is 1.55. The van der Waals surface area contributed by atoms with Gasteiger partial charge in [-0.25, -0.2) is 0 Å². The number of nitrogens with one attached hydrogen (secondary N) is 1. The third-order valence-corrected chi connectivity index (χ3v) is 6.43. The molecule has 1 saturated heterocycles. The highest BCUT2D eigenvalue weighted by molar-refractivity contribution is 7.16. The highest BCUT2D eigenvalue weighted by Crippen LogP contribution is 2.47. The number of aromatic amines is 1. The van der Waals surface area contributed by atoms with Crippen LogP contribution >= 0.6 is 22.9 Å². The zero-order chi connectivity index (χ0) is 15.2. The van der Waals surface area contributed by atoms with Crippen LogP contribution in [-0.4, -0.2) is 34.3 Å². The predicted octanol–water partition coefficient (Wildman–Crippen LogP) is 3.58. The summed E-state index contributed by atoms with van der Waals surface area (Å²) in [6.45, 7) is 5.11. The van der Waals surface area contributed by atoms with E-state index in [1.165, 1.54) is 16.0 Å². The number of hydrogen-bond donors (Lipinski definition) is 1. The van der Waals surface area contributed by atoms with Gasteiger partial charge in [0.05, 0.1) is 17.1 Å². The first kappa shape index (κ1) is 14.7. The van der Waals surface area contributed by atoms with Crippen LogP contribution in [0.25, 0.3) is 0 Å². The first-order valence-electron chi connectivity index (χ1n) is 7.81. The van der Waals surface area contributed by atoms with E-state index >= 15 is 0 Å². The van der Waals surface area contributed by atoms with Gasteiger partial charge in [-0.2, -0.15) is 5.10 Å². The normalized spacial score (nSPS) is 28.9. The minimum Gasteiger partial charge on any atom is -0.369 e. The van der Waals surface area contributed by atoms with Crippen molar-refractivity contribution in [2.75, 3.05) is 13.2 Å². The van der Waals surface area contributed by atoms with E-state index in [-0.39, 0.29) is 5.60 Å². The molecule has 0 unspecified atom stereocenters. The number of nitrogens with zero attached hydrogens (tertiary/aromatic N) is 2. The summed E-state index contributed by atoms with van der Waals surface area (Å²) in [6, 6.07) is 2.62. The Hall–Kier alpha value is -0.880. The van der Waals surface area contributed by atoms with Crippen LogP contribution < -0.4 is 0 Å². The average molecular weight is 338 g/mol. The molecule has 118 valence electrons. The van der Waals surface area contributed by atoms with E-state index in [1.807, 2.05) is 12.4 Å². The standard InChI is InChI=1S/C16H20ClN3OS/c1-11-7-16(3-4-20(11)10-12-8-18-19-9-12)15-13(2-5-21-16)6-14(17)22-15/h6,8-9,11H,2-5,7,10H2,1H3,(H,18,19)/t11-,16+/m0/s1. The number of likely N-dealkylation sites (tertiary alicyclic amines) is 1. The number of aromatic nitrogens is 2. The second-order valence-corrected chi connectivity index (χ2v) is 8.06. The molecular formula is C16H20ClN3OS. The molecular weight excluding hydrogens is 318 g/mol. The summed E-state index contributed by atoms with van der Waals surface area (Å²) in [5.41, 5.74) is 2.53. The largest absolute Gasteiger partial charge is 0.369 e. The van der Waals surface area contributed by atoms with Gasteiger partial charge in [-0.15, -0.1) is 11.3 Å². The zero-order valence-electron chi connectivity index (χ0n) is 12.6. The molecule has 0 aliphatic carbocycles. The van der Waals surface area contributed by atoms with Crippen LogP contribution in [0, 0.1) is 0 Å². The van der Waals surface area contributed by atoms with Crippen molar-refractivity contribution in [3.05, 3.63) is 38.8 Å². The fraction of sp³-hybridized carbons (Fsp3) is 0.562. The van der Waals surface area contributed by atoms with E-state index in [1.54, 1.807) is 11.3 Å². The maximum absolute atomic E-state index is 6.31. The van der Waals surface area contributed by atoms with E-state index < -0.39 is 0 Å². The summed E-state index contributed by atoms with van der Waals surface area (Å²) >= 11 is 7.97. The van der Waals surface area contributed by atoms with Crippen molar-refractivity contribution in [1.82, 2.24) is 15.1 Å². The van der Waals surface area contributed by atoms with Gasteiger partial charge in [-0.1, -0.05) is 11.6 Å². The molecule has 2 aromatic heterocycles. The highest BCUT2D eigenvalue weighted by atomic mass is 35.5. The van der Waals surface area contributed by atoms with Gasteiger partial charge in [0, 0.05) is 35.8 Å². The lowest BCUT2D eigenvalue weighted by molar-refractivity contribution is -0.110. The van der Waals surface area contributed by atoms with Crippen LogP contribution in [-0.2, 0) is 23.3 Å². The molecule has 1 fully saturated rings. The van der Waals surface area contributed by atoms with Gasteiger partial charge in [-0.05, 0) is 37.8 Å². The van der Waals surface area contributed by atoms with Gasteiger partial charge in [-0.3, -0.25) is 10.00 Å². The number of ether oxygens (including phenoxy) is 1. The van der Waals surface area contributed by atoms with Crippen LogP contribution in [0.2, 0.25) is 4.34 Å². The maximum atomic E-state index is 6.31. The zero-order valence-corrected chi connectivity index (χ0v) is 14.2. The molecule has 4 rings (SSSR count). The SMILES string of the molecule is C[C@H]1C[C@@]2(CCN1Cc1cn[nH]c1)OCCc1cc(Cl)sc12. The van der Waals surface area contributed by atoms with Crippen molar-refractivity contribution < 1.29 is 4.74 Å². The van der Waals surface area contributed by atoms with Gasteiger partial charge in [0.2, 0.25) is 0 Å². The fourth-order valence-corrected chi connectivity index (χ4v) is 5.29. The molecule has 6 heteroatoms. The Kier molecular flexibility index (Phi) is 3.77. The first-order valence-corrected chi connectivity index (χ1v) is 9.00. The summed E-state index contributed by atoms with van der Waals surface area (Å²) in [6.07, 6.45) is 6.96. The number of halogens is 1. The summed E-state index contributed by atoms with van der Waals surface area (Å²) in [5.74, 6) is 0. The van der Waals surface area contributed by atoms with Gasteiger partial charge >= 0.3 is 0 Å². The lowest BCUT2D eigenvalue weighted by atomic mass is 9.82. The smallest absolute Gasteiger partial charge is 0.105 e. The van der Waals surface area contributed by atoms with Gasteiger partial charge in [0.25, 0.3) is 0 Å². The van der Waals surface area contributed by atoms with Crippen molar-refractivity contribution in [3.63, 3.8) is 0 Å². The fourth-order valence-electron chi connectivity index (χ4n) is 3.81. The monoisotopic (exact) mass is 337 g/mol. The molecule has 0 aromatic carbocycles. The molecule has 0 radical (unpaired) electrons. The van der Waals surface area contributed by atoms with Crippen LogP contribution in [0.3, 0.4) is 0 Å². The predicted molar refractivity (Wildman–Crippen MR) is 88.4 cm³/mol. The van der Waals surface area contributed by atoms with Crippen LogP contribution in [0.5, 0.6) is 0 Å². The van der Waals surface area contributed by atoms with E-state index in [9.17, 15) is 0 Å². The molecule has 4 nitrogen and oxygen atoms in total. The van der Waals surface area contributed by atoms with Gasteiger partial charge < -0.3 is 4.74 Å². The lowest BCUT2D eigenvalue weighted by Gasteiger charge is -2.47. The molecule has 0 bridgehead atoms. The quantitative estimate of drug-likeness (QED) is 0.910. The number of thiophene rings is 1. The van der Waals surface area contributed by atoms with E-state index in [4.69, 9.17) is 16.3 Å². The average Bonchev–Trinajstić information content (AvgIpc) is 3.12. The van der Waals surface area contributed by atoms with E-state index in [0.29, 0.717) is 6.04 Å².